The van der Waals surface area contributed by atoms with Crippen LogP contribution in [0.15, 0.2) is 29.2 Å². The number of carbonyl (C=O) groups is 1. The summed E-state index contributed by atoms with van der Waals surface area (Å²) in [6, 6.07) is 6.12. The van der Waals surface area contributed by atoms with Crippen LogP contribution < -0.4 is 10.0 Å². The molecule has 2 rings (SSSR count). The molecule has 1 aromatic rings. The predicted octanol–water partition coefficient (Wildman–Crippen LogP) is 5.69. The summed E-state index contributed by atoms with van der Waals surface area (Å²) >= 11 is 0. The molecule has 0 bridgehead atoms. The molecule has 1 saturated carbocycles. The van der Waals surface area contributed by atoms with Gasteiger partial charge in [-0.25, -0.2) is 13.1 Å². The molecule has 0 heterocycles. The van der Waals surface area contributed by atoms with Crippen molar-refractivity contribution in [2.75, 3.05) is 11.9 Å². The number of sulfonamides is 1. The van der Waals surface area contributed by atoms with Gasteiger partial charge >= 0.3 is 0 Å². The van der Waals surface area contributed by atoms with E-state index in [4.69, 9.17) is 9.63 Å². The van der Waals surface area contributed by atoms with E-state index in [-0.39, 0.29) is 24.0 Å². The fraction of sp³-hybridized carbons (Fsp3) is 0.731. The Morgan fingerprint density at radius 2 is 1.34 bits per heavy atom. The highest BCUT2D eigenvalue weighted by Crippen LogP contribution is 2.20. The van der Waals surface area contributed by atoms with Crippen molar-refractivity contribution in [2.24, 2.45) is 0 Å². The monoisotopic (exact) mass is 528 g/mol. The summed E-state index contributed by atoms with van der Waals surface area (Å²) in [6.45, 7) is -0.170. The third kappa shape index (κ3) is 12.2. The SMILES string of the molecule is O=C(Nc1ccc(S(=O)(=O)NC2CCCCCCCCCCCCCCC2)cc1)C(CCO)OP. The summed E-state index contributed by atoms with van der Waals surface area (Å²) < 4.78 is 34.1. The summed E-state index contributed by atoms with van der Waals surface area (Å²) in [5, 5.41) is 11.7. The van der Waals surface area contributed by atoms with Gasteiger partial charge in [-0.3, -0.25) is 4.79 Å². The average molecular weight is 529 g/mol. The molecular weight excluding hydrogens is 483 g/mol. The van der Waals surface area contributed by atoms with E-state index in [9.17, 15) is 13.2 Å². The highest BCUT2D eigenvalue weighted by molar-refractivity contribution is 7.89. The molecule has 1 aliphatic rings. The van der Waals surface area contributed by atoms with Crippen LogP contribution in [0, 0.1) is 0 Å². The van der Waals surface area contributed by atoms with Crippen molar-refractivity contribution in [1.29, 1.82) is 0 Å². The molecule has 1 aliphatic carbocycles. The van der Waals surface area contributed by atoms with Gasteiger partial charge in [0.2, 0.25) is 10.0 Å². The van der Waals surface area contributed by atoms with Crippen molar-refractivity contribution >= 4 is 31.1 Å². The summed E-state index contributed by atoms with van der Waals surface area (Å²) in [4.78, 5) is 12.4. The highest BCUT2D eigenvalue weighted by Gasteiger charge is 2.21. The van der Waals surface area contributed by atoms with Gasteiger partial charge in [-0.2, -0.15) is 0 Å². The molecule has 0 aliphatic heterocycles. The molecule has 9 heteroatoms. The van der Waals surface area contributed by atoms with Crippen molar-refractivity contribution in [1.82, 2.24) is 4.72 Å². The van der Waals surface area contributed by atoms with Crippen molar-refractivity contribution < 1.29 is 22.8 Å². The third-order valence-corrected chi connectivity index (χ3v) is 8.57. The number of benzene rings is 1. The van der Waals surface area contributed by atoms with Crippen LogP contribution in [-0.4, -0.2) is 38.2 Å². The Bertz CT molecular complexity index is 804. The lowest BCUT2D eigenvalue weighted by Crippen LogP contribution is -2.35. The normalized spacial score (nSPS) is 19.1. The number of anilines is 1. The second-order valence-corrected chi connectivity index (χ2v) is 11.6. The number of nitrogens with one attached hydrogen (secondary N) is 2. The minimum atomic E-state index is -3.65. The van der Waals surface area contributed by atoms with Crippen molar-refractivity contribution in [2.45, 2.75) is 120 Å². The maximum Gasteiger partial charge on any atom is 0.253 e. The van der Waals surface area contributed by atoms with Crippen LogP contribution in [0.5, 0.6) is 0 Å². The molecular formula is C26H45N2O5PS. The summed E-state index contributed by atoms with van der Waals surface area (Å²) in [5.74, 6) is -0.395. The third-order valence-electron chi connectivity index (χ3n) is 6.71. The number of carbonyl (C=O) groups excluding carboxylic acids is 1. The van der Waals surface area contributed by atoms with E-state index in [0.717, 1.165) is 38.5 Å². The molecule has 2 unspecified atom stereocenters. The van der Waals surface area contributed by atoms with Crippen molar-refractivity contribution in [3.63, 3.8) is 0 Å². The van der Waals surface area contributed by atoms with E-state index in [1.807, 2.05) is 9.47 Å². The minimum Gasteiger partial charge on any atom is -0.396 e. The van der Waals surface area contributed by atoms with E-state index in [0.29, 0.717) is 5.69 Å². The van der Waals surface area contributed by atoms with Gasteiger partial charge in [0.25, 0.3) is 5.91 Å². The number of aliphatic hydroxyl groups excluding tert-OH is 1. The van der Waals surface area contributed by atoms with Gasteiger partial charge in [0.15, 0.2) is 0 Å². The lowest BCUT2D eigenvalue weighted by atomic mass is 9.99. The zero-order valence-electron chi connectivity index (χ0n) is 21.1. The quantitative estimate of drug-likeness (QED) is 0.376. The number of amides is 1. The summed E-state index contributed by atoms with van der Waals surface area (Å²) in [5.41, 5.74) is 0.476. The zero-order valence-corrected chi connectivity index (χ0v) is 23.0. The number of rotatable bonds is 8. The highest BCUT2D eigenvalue weighted by atomic mass is 32.2. The first-order chi connectivity index (χ1) is 17.0. The second-order valence-electron chi connectivity index (χ2n) is 9.64. The number of hydrogen-bond acceptors (Lipinski definition) is 5. The van der Waals surface area contributed by atoms with Gasteiger partial charge in [-0.15, -0.1) is 0 Å². The van der Waals surface area contributed by atoms with E-state index in [1.165, 1.54) is 69.9 Å². The van der Waals surface area contributed by atoms with Crippen LogP contribution in [0.1, 0.15) is 103 Å². The molecule has 1 fully saturated rings. The first kappa shape index (κ1) is 30.2. The predicted molar refractivity (Wildman–Crippen MR) is 145 cm³/mol. The standard InChI is InChI=1S/C26H45N2O5PS/c29-21-20-25(33-34)26(30)27-22-16-18-24(19-17-22)35(31,32)28-23-14-12-10-8-6-4-2-1-3-5-7-9-11-13-15-23/h16-19,23,25,28-29H,1-15,20-21,34H2,(H,27,30). The van der Waals surface area contributed by atoms with Gasteiger partial charge in [-0.1, -0.05) is 83.5 Å². The number of aliphatic hydroxyl groups is 1. The topological polar surface area (TPSA) is 105 Å². The molecule has 2 atom stereocenters. The van der Waals surface area contributed by atoms with Crippen LogP contribution in [0.2, 0.25) is 0 Å². The Balaban J connectivity index is 1.95. The number of hydrogen-bond donors (Lipinski definition) is 3. The molecule has 3 N–H and O–H groups in total. The molecule has 0 saturated heterocycles. The zero-order chi connectivity index (χ0) is 25.4. The van der Waals surface area contributed by atoms with E-state index < -0.39 is 22.0 Å². The Hall–Kier alpha value is -1.05. The fourth-order valence-electron chi connectivity index (χ4n) is 4.59. The van der Waals surface area contributed by atoms with E-state index in [1.54, 1.807) is 12.1 Å². The lowest BCUT2D eigenvalue weighted by molar-refractivity contribution is -0.122. The lowest BCUT2D eigenvalue weighted by Gasteiger charge is -2.19. The van der Waals surface area contributed by atoms with Crippen LogP contribution in [0.25, 0.3) is 0 Å². The fourth-order valence-corrected chi connectivity index (χ4v) is 6.16. The largest absolute Gasteiger partial charge is 0.396 e. The first-order valence-corrected chi connectivity index (χ1v) is 15.3. The average Bonchev–Trinajstić information content (AvgIpc) is 2.84. The second kappa shape index (κ2) is 17.4. The van der Waals surface area contributed by atoms with Crippen LogP contribution in [0.3, 0.4) is 0 Å². The van der Waals surface area contributed by atoms with Crippen LogP contribution in [0.4, 0.5) is 5.69 Å². The molecule has 1 aromatic carbocycles. The molecule has 0 radical (unpaired) electrons. The Morgan fingerprint density at radius 1 is 0.886 bits per heavy atom. The molecule has 0 aromatic heterocycles. The molecule has 7 nitrogen and oxygen atoms in total. The van der Waals surface area contributed by atoms with Gasteiger partial charge in [0, 0.05) is 34.2 Å². The molecule has 35 heavy (non-hydrogen) atoms. The van der Waals surface area contributed by atoms with E-state index >= 15 is 0 Å². The molecule has 200 valence electrons. The maximum atomic E-state index is 13.1. The van der Waals surface area contributed by atoms with E-state index in [2.05, 4.69) is 10.0 Å². The van der Waals surface area contributed by atoms with Gasteiger partial charge in [0.05, 0.1) is 4.90 Å². The Morgan fingerprint density at radius 3 is 1.77 bits per heavy atom. The van der Waals surface area contributed by atoms with Gasteiger partial charge in [-0.05, 0) is 37.1 Å². The first-order valence-electron chi connectivity index (χ1n) is 13.4. The van der Waals surface area contributed by atoms with Crippen LogP contribution >= 0.6 is 9.47 Å². The summed E-state index contributed by atoms with van der Waals surface area (Å²) in [6.07, 6.45) is 17.2. The molecule has 0 spiro atoms. The van der Waals surface area contributed by atoms with Gasteiger partial charge < -0.3 is 14.9 Å². The van der Waals surface area contributed by atoms with Crippen molar-refractivity contribution in [3.8, 4) is 0 Å². The minimum absolute atomic E-state index is 0.0503. The Labute approximate surface area is 214 Å². The Kier molecular flexibility index (Phi) is 15.0. The summed E-state index contributed by atoms with van der Waals surface area (Å²) in [7, 11) is -1.62. The maximum absolute atomic E-state index is 13.1. The van der Waals surface area contributed by atoms with Gasteiger partial charge in [0.1, 0.15) is 6.10 Å². The smallest absolute Gasteiger partial charge is 0.253 e. The van der Waals surface area contributed by atoms with Crippen LogP contribution in [-0.2, 0) is 19.3 Å². The molecule has 1 amide bonds. The van der Waals surface area contributed by atoms with Crippen molar-refractivity contribution in [3.05, 3.63) is 24.3 Å².